The van der Waals surface area contributed by atoms with Gasteiger partial charge in [-0.2, -0.15) is 0 Å². The van der Waals surface area contributed by atoms with Crippen LogP contribution in [0.25, 0.3) is 0 Å². The molecule has 0 atom stereocenters. The van der Waals surface area contributed by atoms with Crippen molar-refractivity contribution in [3.8, 4) is 11.5 Å². The lowest BCUT2D eigenvalue weighted by Gasteiger charge is -2.09. The van der Waals surface area contributed by atoms with E-state index in [9.17, 15) is 10.2 Å². The highest BCUT2D eigenvalue weighted by atomic mass is 16.3. The zero-order chi connectivity index (χ0) is 19.2. The number of hydrogen-bond donors (Lipinski definition) is 2. The summed E-state index contributed by atoms with van der Waals surface area (Å²) in [7, 11) is 0. The number of aryl methyl sites for hydroxylation is 2. The van der Waals surface area contributed by atoms with Crippen molar-refractivity contribution >= 4 is 12.4 Å². The number of hydrogen-bond acceptors (Lipinski definition) is 4. The van der Waals surface area contributed by atoms with Gasteiger partial charge in [-0.05, 0) is 43.7 Å². The van der Waals surface area contributed by atoms with Crippen molar-refractivity contribution in [1.82, 2.24) is 0 Å². The van der Waals surface area contributed by atoms with E-state index >= 15 is 0 Å². The number of aliphatic imine (C=N–C) groups is 2. The summed E-state index contributed by atoms with van der Waals surface area (Å²) in [5.74, 6) is 0.355. The highest BCUT2D eigenvalue weighted by Gasteiger charge is 2.08. The van der Waals surface area contributed by atoms with E-state index in [4.69, 9.17) is 0 Å². The molecular weight excluding hydrogens is 336 g/mol. The SMILES string of the molecule is Cc1ccc(O)c(/C=N/C(/N=C/c2cc(C)ccc2O)c2ccccc2)c1. The average molecular weight is 358 g/mol. The number of benzene rings is 3. The van der Waals surface area contributed by atoms with Crippen molar-refractivity contribution in [2.45, 2.75) is 20.0 Å². The van der Waals surface area contributed by atoms with Crippen LogP contribution in [0.3, 0.4) is 0 Å². The van der Waals surface area contributed by atoms with Crippen LogP contribution < -0.4 is 0 Å². The van der Waals surface area contributed by atoms with Gasteiger partial charge in [0.1, 0.15) is 11.5 Å². The normalized spacial score (nSPS) is 11.7. The van der Waals surface area contributed by atoms with Crippen LogP contribution in [-0.4, -0.2) is 22.6 Å². The molecule has 136 valence electrons. The van der Waals surface area contributed by atoms with Crippen LogP contribution in [0.5, 0.6) is 11.5 Å². The Morgan fingerprint density at radius 3 is 1.67 bits per heavy atom. The molecule has 0 aliphatic heterocycles. The standard InChI is InChI=1S/C23H22N2O2/c1-16-8-10-21(26)19(12-16)14-24-23(18-6-4-3-5-7-18)25-15-20-13-17(2)9-11-22(20)27/h3-15,23,26-27H,1-2H3/b24-14+,25-15+. The van der Waals surface area contributed by atoms with Crippen molar-refractivity contribution < 1.29 is 10.2 Å². The zero-order valence-electron chi connectivity index (χ0n) is 15.4. The van der Waals surface area contributed by atoms with Gasteiger partial charge in [-0.1, -0.05) is 53.6 Å². The summed E-state index contributed by atoms with van der Waals surface area (Å²) in [4.78, 5) is 9.14. The molecule has 0 amide bonds. The topological polar surface area (TPSA) is 65.2 Å². The summed E-state index contributed by atoms with van der Waals surface area (Å²) in [6.07, 6.45) is 2.78. The highest BCUT2D eigenvalue weighted by Crippen LogP contribution is 2.23. The van der Waals surface area contributed by atoms with Gasteiger partial charge in [-0.3, -0.25) is 9.98 Å². The van der Waals surface area contributed by atoms with Gasteiger partial charge in [0.05, 0.1) is 0 Å². The molecule has 4 heteroatoms. The first kappa shape index (κ1) is 18.4. The lowest BCUT2D eigenvalue weighted by molar-refractivity contribution is 0.474. The third-order valence-electron chi connectivity index (χ3n) is 4.17. The van der Waals surface area contributed by atoms with Gasteiger partial charge in [0.2, 0.25) is 0 Å². The Balaban J connectivity index is 1.94. The lowest BCUT2D eigenvalue weighted by Crippen LogP contribution is -1.96. The lowest BCUT2D eigenvalue weighted by atomic mass is 10.1. The van der Waals surface area contributed by atoms with Crippen LogP contribution in [0.2, 0.25) is 0 Å². The molecule has 0 fully saturated rings. The van der Waals surface area contributed by atoms with Gasteiger partial charge in [-0.15, -0.1) is 0 Å². The molecule has 0 aliphatic carbocycles. The largest absolute Gasteiger partial charge is 0.507 e. The number of phenolic OH excluding ortho intramolecular Hbond substituents is 2. The second kappa shape index (κ2) is 8.32. The summed E-state index contributed by atoms with van der Waals surface area (Å²) in [6, 6.07) is 20.5. The van der Waals surface area contributed by atoms with Crippen LogP contribution in [0.1, 0.15) is 34.0 Å². The van der Waals surface area contributed by atoms with Gasteiger partial charge in [-0.25, -0.2) is 0 Å². The van der Waals surface area contributed by atoms with Crippen molar-refractivity contribution in [3.05, 3.63) is 94.5 Å². The zero-order valence-corrected chi connectivity index (χ0v) is 15.4. The van der Waals surface area contributed by atoms with Crippen molar-refractivity contribution in [3.63, 3.8) is 0 Å². The number of rotatable bonds is 5. The molecule has 0 saturated carbocycles. The molecule has 0 radical (unpaired) electrons. The van der Waals surface area contributed by atoms with E-state index in [1.165, 1.54) is 0 Å². The van der Waals surface area contributed by atoms with Gasteiger partial charge < -0.3 is 10.2 Å². The van der Waals surface area contributed by atoms with E-state index < -0.39 is 6.17 Å². The molecule has 0 spiro atoms. The Morgan fingerprint density at radius 2 is 1.19 bits per heavy atom. The Hall–Kier alpha value is -3.40. The van der Waals surface area contributed by atoms with Gasteiger partial charge >= 0.3 is 0 Å². The first-order chi connectivity index (χ1) is 13.0. The first-order valence-corrected chi connectivity index (χ1v) is 8.73. The molecule has 0 saturated heterocycles. The second-order valence-corrected chi connectivity index (χ2v) is 6.47. The molecule has 27 heavy (non-hydrogen) atoms. The van der Waals surface area contributed by atoms with Gasteiger partial charge in [0.15, 0.2) is 6.17 Å². The molecule has 3 aromatic rings. The van der Waals surface area contributed by atoms with E-state index in [-0.39, 0.29) is 11.5 Å². The fourth-order valence-electron chi connectivity index (χ4n) is 2.69. The quantitative estimate of drug-likeness (QED) is 0.634. The Bertz CT molecular complexity index is 917. The first-order valence-electron chi connectivity index (χ1n) is 8.73. The van der Waals surface area contributed by atoms with Crippen molar-refractivity contribution in [2.75, 3.05) is 0 Å². The molecule has 0 aromatic heterocycles. The maximum Gasteiger partial charge on any atom is 0.165 e. The van der Waals surface area contributed by atoms with Crippen LogP contribution >= 0.6 is 0 Å². The second-order valence-electron chi connectivity index (χ2n) is 6.47. The molecular formula is C23H22N2O2. The summed E-state index contributed by atoms with van der Waals surface area (Å²) in [5, 5.41) is 20.1. The molecule has 0 bridgehead atoms. The molecule has 0 heterocycles. The molecule has 3 rings (SSSR count). The number of nitrogens with zero attached hydrogens (tertiary/aromatic N) is 2. The molecule has 3 aromatic carbocycles. The number of aromatic hydroxyl groups is 2. The summed E-state index contributed by atoms with van der Waals surface area (Å²) < 4.78 is 0. The van der Waals surface area contributed by atoms with Crippen molar-refractivity contribution in [1.29, 1.82) is 0 Å². The van der Waals surface area contributed by atoms with Crippen LogP contribution in [0, 0.1) is 13.8 Å². The Labute approximate surface area is 159 Å². The minimum Gasteiger partial charge on any atom is -0.507 e. The maximum absolute atomic E-state index is 10.0. The minimum absolute atomic E-state index is 0.177. The Morgan fingerprint density at radius 1 is 0.704 bits per heavy atom. The van der Waals surface area contributed by atoms with Crippen molar-refractivity contribution in [2.24, 2.45) is 9.98 Å². The molecule has 0 unspecified atom stereocenters. The monoisotopic (exact) mass is 358 g/mol. The molecule has 0 aliphatic rings. The van der Waals surface area contributed by atoms with E-state index in [1.807, 2.05) is 68.4 Å². The van der Waals surface area contributed by atoms with E-state index in [1.54, 1.807) is 24.6 Å². The highest BCUT2D eigenvalue weighted by molar-refractivity contribution is 5.85. The fourth-order valence-corrected chi connectivity index (χ4v) is 2.69. The van der Waals surface area contributed by atoms with E-state index in [2.05, 4.69) is 9.98 Å². The third-order valence-corrected chi connectivity index (χ3v) is 4.17. The van der Waals surface area contributed by atoms with E-state index in [0.717, 1.165) is 16.7 Å². The summed E-state index contributed by atoms with van der Waals surface area (Å²) >= 11 is 0. The van der Waals surface area contributed by atoms with Gasteiger partial charge in [0.25, 0.3) is 0 Å². The Kier molecular flexibility index (Phi) is 5.67. The van der Waals surface area contributed by atoms with Gasteiger partial charge in [0, 0.05) is 23.6 Å². The predicted molar refractivity (Wildman–Crippen MR) is 110 cm³/mol. The molecule has 4 nitrogen and oxygen atoms in total. The fraction of sp³-hybridized carbons (Fsp3) is 0.130. The maximum atomic E-state index is 10.0. The van der Waals surface area contributed by atoms with Crippen LogP contribution in [-0.2, 0) is 0 Å². The van der Waals surface area contributed by atoms with Crippen LogP contribution in [0.15, 0.2) is 76.7 Å². The molecule has 2 N–H and O–H groups in total. The van der Waals surface area contributed by atoms with Crippen LogP contribution in [0.4, 0.5) is 0 Å². The smallest absolute Gasteiger partial charge is 0.165 e. The van der Waals surface area contributed by atoms with E-state index in [0.29, 0.717) is 11.1 Å². The average Bonchev–Trinajstić information content (AvgIpc) is 2.67. The summed E-state index contributed by atoms with van der Waals surface area (Å²) in [6.45, 7) is 3.92. The number of phenols is 2. The minimum atomic E-state index is -0.481. The third kappa shape index (κ3) is 4.82. The summed E-state index contributed by atoms with van der Waals surface area (Å²) in [5.41, 5.74) is 4.29. The predicted octanol–water partition coefficient (Wildman–Crippen LogP) is 4.95.